The molecule has 0 aromatic rings. The van der Waals surface area contributed by atoms with Crippen molar-refractivity contribution in [1.82, 2.24) is 9.80 Å². The third-order valence-electron chi connectivity index (χ3n) is 3.08. The van der Waals surface area contributed by atoms with E-state index in [0.29, 0.717) is 6.04 Å². The van der Waals surface area contributed by atoms with Gasteiger partial charge in [-0.3, -0.25) is 9.69 Å². The lowest BCUT2D eigenvalue weighted by molar-refractivity contribution is -0.122. The number of rotatable bonds is 4. The molecule has 3 heteroatoms. The van der Waals surface area contributed by atoms with Crippen LogP contribution in [0.25, 0.3) is 0 Å². The number of ketones is 1. The second-order valence-corrected chi connectivity index (χ2v) is 4.58. The first kappa shape index (κ1) is 11.7. The van der Waals surface area contributed by atoms with Crippen LogP contribution in [0.4, 0.5) is 0 Å². The Kier molecular flexibility index (Phi) is 4.08. The van der Waals surface area contributed by atoms with Gasteiger partial charge in [-0.15, -0.1) is 0 Å². The number of likely N-dealkylation sites (N-methyl/N-ethyl adjacent to an activating group) is 1. The van der Waals surface area contributed by atoms with Crippen molar-refractivity contribution in [3.05, 3.63) is 0 Å². The van der Waals surface area contributed by atoms with Gasteiger partial charge in [0.05, 0.1) is 6.04 Å². The highest BCUT2D eigenvalue weighted by Gasteiger charge is 2.30. The van der Waals surface area contributed by atoms with Gasteiger partial charge in [-0.25, -0.2) is 0 Å². The molecule has 0 radical (unpaired) electrons. The molecule has 1 rings (SSSR count). The van der Waals surface area contributed by atoms with E-state index in [1.165, 1.54) is 12.8 Å². The summed E-state index contributed by atoms with van der Waals surface area (Å²) in [4.78, 5) is 15.9. The van der Waals surface area contributed by atoms with Crippen molar-refractivity contribution in [2.75, 3.05) is 27.2 Å². The number of Topliss-reactive ketones (excluding diaryl/α,β-unsaturated/α-hetero) is 1. The first-order valence-corrected chi connectivity index (χ1v) is 5.43. The molecule has 1 aliphatic rings. The molecule has 1 fully saturated rings. The quantitative estimate of drug-likeness (QED) is 0.673. The number of nitrogens with zero attached hydrogens (tertiary/aromatic N) is 2. The fourth-order valence-electron chi connectivity index (χ4n) is 2.22. The summed E-state index contributed by atoms with van der Waals surface area (Å²) in [6.45, 7) is 5.86. The minimum atomic E-state index is 0.0995. The van der Waals surface area contributed by atoms with Gasteiger partial charge in [0.1, 0.15) is 5.78 Å². The molecule has 0 spiro atoms. The molecular formula is C11H22N2O. The zero-order valence-corrected chi connectivity index (χ0v) is 9.79. The summed E-state index contributed by atoms with van der Waals surface area (Å²) in [5.41, 5.74) is 0. The largest absolute Gasteiger partial charge is 0.308 e. The van der Waals surface area contributed by atoms with Gasteiger partial charge >= 0.3 is 0 Å². The van der Waals surface area contributed by atoms with Gasteiger partial charge in [0.2, 0.25) is 0 Å². The molecule has 0 aromatic carbocycles. The van der Waals surface area contributed by atoms with Crippen LogP contribution in [-0.4, -0.2) is 54.9 Å². The van der Waals surface area contributed by atoms with Crippen LogP contribution in [0.2, 0.25) is 0 Å². The zero-order chi connectivity index (χ0) is 10.7. The van der Waals surface area contributed by atoms with Gasteiger partial charge in [-0.2, -0.15) is 0 Å². The number of carbonyl (C=O) groups excluding carboxylic acids is 1. The average molecular weight is 198 g/mol. The number of hydrogen-bond donors (Lipinski definition) is 0. The lowest BCUT2D eigenvalue weighted by Crippen LogP contribution is -2.45. The van der Waals surface area contributed by atoms with Crippen LogP contribution in [-0.2, 0) is 4.79 Å². The Hall–Kier alpha value is -0.410. The zero-order valence-electron chi connectivity index (χ0n) is 9.79. The van der Waals surface area contributed by atoms with E-state index in [1.54, 1.807) is 6.92 Å². The van der Waals surface area contributed by atoms with Crippen molar-refractivity contribution >= 4 is 5.78 Å². The summed E-state index contributed by atoms with van der Waals surface area (Å²) in [6.07, 6.45) is 2.46. The Morgan fingerprint density at radius 1 is 1.57 bits per heavy atom. The molecular weight excluding hydrogens is 176 g/mol. The highest BCUT2D eigenvalue weighted by atomic mass is 16.1. The Labute approximate surface area is 87.1 Å². The predicted molar refractivity (Wildman–Crippen MR) is 58.4 cm³/mol. The Balaban J connectivity index is 2.54. The van der Waals surface area contributed by atoms with E-state index in [0.717, 1.165) is 13.1 Å². The van der Waals surface area contributed by atoms with Crippen molar-refractivity contribution in [2.45, 2.75) is 38.8 Å². The molecule has 82 valence electrons. The monoisotopic (exact) mass is 198 g/mol. The fraction of sp³-hybridized carbons (Fsp3) is 0.909. The van der Waals surface area contributed by atoms with E-state index in [9.17, 15) is 4.79 Å². The van der Waals surface area contributed by atoms with Gasteiger partial charge in [0.15, 0.2) is 0 Å². The van der Waals surface area contributed by atoms with E-state index in [2.05, 4.69) is 23.9 Å². The highest BCUT2D eigenvalue weighted by Crippen LogP contribution is 2.20. The maximum Gasteiger partial charge on any atom is 0.146 e. The highest BCUT2D eigenvalue weighted by molar-refractivity contribution is 5.81. The molecule has 14 heavy (non-hydrogen) atoms. The molecule has 0 N–H and O–H groups in total. The molecule has 2 unspecified atom stereocenters. The lowest BCUT2D eigenvalue weighted by Gasteiger charge is -2.30. The van der Waals surface area contributed by atoms with Gasteiger partial charge in [0, 0.05) is 12.6 Å². The number of hydrogen-bond acceptors (Lipinski definition) is 3. The molecule has 0 aliphatic carbocycles. The summed E-state index contributed by atoms with van der Waals surface area (Å²) in [6, 6.07) is 0.673. The molecule has 0 amide bonds. The van der Waals surface area contributed by atoms with Crippen LogP contribution in [0, 0.1) is 0 Å². The van der Waals surface area contributed by atoms with Gasteiger partial charge in [-0.05, 0) is 47.3 Å². The summed E-state index contributed by atoms with van der Waals surface area (Å²) in [5, 5.41) is 0. The molecule has 0 bridgehead atoms. The molecule has 0 aromatic heterocycles. The maximum absolute atomic E-state index is 11.3. The molecule has 2 atom stereocenters. The number of carbonyl (C=O) groups is 1. The molecule has 0 saturated carbocycles. The second-order valence-electron chi connectivity index (χ2n) is 4.58. The van der Waals surface area contributed by atoms with Crippen molar-refractivity contribution in [2.24, 2.45) is 0 Å². The van der Waals surface area contributed by atoms with E-state index in [1.807, 2.05) is 6.92 Å². The van der Waals surface area contributed by atoms with E-state index >= 15 is 0 Å². The Morgan fingerprint density at radius 2 is 2.21 bits per heavy atom. The minimum Gasteiger partial charge on any atom is -0.308 e. The molecule has 3 nitrogen and oxygen atoms in total. The van der Waals surface area contributed by atoms with Crippen LogP contribution >= 0.6 is 0 Å². The normalized spacial score (nSPS) is 25.6. The summed E-state index contributed by atoms with van der Waals surface area (Å²) >= 11 is 0. The first-order chi connectivity index (χ1) is 6.52. The van der Waals surface area contributed by atoms with E-state index in [4.69, 9.17) is 0 Å². The van der Waals surface area contributed by atoms with Crippen molar-refractivity contribution in [3.63, 3.8) is 0 Å². The molecule has 1 aliphatic heterocycles. The third kappa shape index (κ3) is 2.79. The minimum absolute atomic E-state index is 0.0995. The lowest BCUT2D eigenvalue weighted by atomic mass is 10.1. The smallest absolute Gasteiger partial charge is 0.146 e. The third-order valence-corrected chi connectivity index (χ3v) is 3.08. The van der Waals surface area contributed by atoms with E-state index in [-0.39, 0.29) is 11.8 Å². The maximum atomic E-state index is 11.3. The topological polar surface area (TPSA) is 23.6 Å². The predicted octanol–water partition coefficient (Wildman–Crippen LogP) is 0.990. The van der Waals surface area contributed by atoms with Crippen molar-refractivity contribution < 1.29 is 4.79 Å². The summed E-state index contributed by atoms with van der Waals surface area (Å²) < 4.78 is 0. The van der Waals surface area contributed by atoms with Gasteiger partial charge < -0.3 is 4.90 Å². The summed E-state index contributed by atoms with van der Waals surface area (Å²) in [5.74, 6) is 0.288. The van der Waals surface area contributed by atoms with Crippen LogP contribution in [0.3, 0.4) is 0 Å². The van der Waals surface area contributed by atoms with Gasteiger partial charge in [-0.1, -0.05) is 0 Å². The van der Waals surface area contributed by atoms with E-state index < -0.39 is 0 Å². The van der Waals surface area contributed by atoms with Crippen molar-refractivity contribution in [1.29, 1.82) is 0 Å². The summed E-state index contributed by atoms with van der Waals surface area (Å²) in [7, 11) is 4.18. The second kappa shape index (κ2) is 4.89. The average Bonchev–Trinajstić information content (AvgIpc) is 2.49. The van der Waals surface area contributed by atoms with Crippen LogP contribution < -0.4 is 0 Å². The standard InChI is InChI=1S/C11H22N2O/c1-9(10(2)14)13-7-5-6-11(13)8-12(3)4/h9,11H,5-8H2,1-4H3. The molecule has 1 saturated heterocycles. The Morgan fingerprint density at radius 3 is 2.71 bits per heavy atom. The SMILES string of the molecule is CC(=O)C(C)N1CCCC1CN(C)C. The van der Waals surface area contributed by atoms with Crippen molar-refractivity contribution in [3.8, 4) is 0 Å². The van der Waals surface area contributed by atoms with Crippen LogP contribution in [0.15, 0.2) is 0 Å². The first-order valence-electron chi connectivity index (χ1n) is 5.43. The molecule has 1 heterocycles. The van der Waals surface area contributed by atoms with Crippen LogP contribution in [0.5, 0.6) is 0 Å². The Bertz CT molecular complexity index is 203. The number of likely N-dealkylation sites (tertiary alicyclic amines) is 1. The fourth-order valence-corrected chi connectivity index (χ4v) is 2.22. The van der Waals surface area contributed by atoms with Gasteiger partial charge in [0.25, 0.3) is 0 Å². The van der Waals surface area contributed by atoms with Crippen LogP contribution in [0.1, 0.15) is 26.7 Å².